The van der Waals surface area contributed by atoms with Gasteiger partial charge in [-0.3, -0.25) is 0 Å². The molecule has 0 N–H and O–H groups in total. The van der Waals surface area contributed by atoms with E-state index in [0.29, 0.717) is 15.0 Å². The zero-order chi connectivity index (χ0) is 20.1. The fourth-order valence-corrected chi connectivity index (χ4v) is 5.30. The van der Waals surface area contributed by atoms with Crippen molar-refractivity contribution in [3.05, 3.63) is 80.7 Å². The van der Waals surface area contributed by atoms with Crippen LogP contribution >= 0.6 is 35.6 Å². The third-order valence-corrected chi connectivity index (χ3v) is 6.30. The average Bonchev–Trinajstić information content (AvgIpc) is 3.07. The maximum Gasteiger partial charge on any atom is 0.447 e. The molecule has 0 bridgehead atoms. The third kappa shape index (κ3) is 3.11. The van der Waals surface area contributed by atoms with E-state index in [-0.39, 0.29) is 0 Å². The van der Waals surface area contributed by atoms with E-state index in [1.807, 2.05) is 49.1 Å². The molecule has 1 aliphatic heterocycles. The first-order valence-electron chi connectivity index (χ1n) is 8.48. The molecular weight excluding hydrogens is 418 g/mol. The first-order valence-corrected chi connectivity index (χ1v) is 10.1. The Bertz CT molecular complexity index is 1150. The van der Waals surface area contributed by atoms with Crippen LogP contribution in [-0.2, 0) is 0 Å². The lowest BCUT2D eigenvalue weighted by Crippen LogP contribution is -2.42. The van der Waals surface area contributed by atoms with Crippen LogP contribution in [0.5, 0.6) is 0 Å². The number of thioether (sulfide) groups is 1. The molecule has 6 nitrogen and oxygen atoms in total. The Morgan fingerprint density at radius 3 is 2.32 bits per heavy atom. The lowest BCUT2D eigenvalue weighted by atomic mass is 10.1. The normalized spacial score (nSPS) is 18.6. The van der Waals surface area contributed by atoms with Crippen molar-refractivity contribution in [3.63, 3.8) is 0 Å². The van der Waals surface area contributed by atoms with Crippen LogP contribution in [0.15, 0.2) is 68.7 Å². The molecule has 0 unspecified atom stereocenters. The molecule has 2 heterocycles. The molecular formula is C19H16ClN3O3S2. The van der Waals surface area contributed by atoms with E-state index in [1.54, 1.807) is 24.3 Å². The molecule has 9 heteroatoms. The van der Waals surface area contributed by atoms with Crippen LogP contribution in [-0.4, -0.2) is 18.4 Å². The van der Waals surface area contributed by atoms with Crippen molar-refractivity contribution in [3.8, 4) is 5.69 Å². The number of rotatable bonds is 3. The number of benzene rings is 2. The van der Waals surface area contributed by atoms with Gasteiger partial charge in [-0.05, 0) is 50.2 Å². The maximum absolute atomic E-state index is 13.2. The van der Waals surface area contributed by atoms with Gasteiger partial charge in [0.05, 0.1) is 10.4 Å². The maximum atomic E-state index is 13.2. The van der Waals surface area contributed by atoms with Crippen LogP contribution in [0.4, 0.5) is 5.69 Å². The van der Waals surface area contributed by atoms with Crippen LogP contribution in [0.3, 0.4) is 0 Å². The number of anilines is 1. The quantitative estimate of drug-likeness (QED) is 0.580. The Labute approximate surface area is 175 Å². The van der Waals surface area contributed by atoms with Gasteiger partial charge in [0, 0.05) is 10.7 Å². The summed E-state index contributed by atoms with van der Waals surface area (Å²) in [5.41, 5.74) is 0.639. The van der Waals surface area contributed by atoms with Gasteiger partial charge in [-0.2, -0.15) is 4.57 Å². The second kappa shape index (κ2) is 6.95. The lowest BCUT2D eigenvalue weighted by Gasteiger charge is -2.30. The standard InChI is InChI=1S/C19H16ClN3O3S2/c1-19(2)15(21(18(27)28-19)13-6-4-3-5-7-13)23-16(24)22(17(25)26-23)14-10-8-12(20)9-11-14/h3-11,15H,1-2H3/t15-/m1/s1. The fraction of sp³-hybridized carbons (Fsp3) is 0.211. The van der Waals surface area contributed by atoms with E-state index in [1.165, 1.54) is 11.8 Å². The number of hydrogen-bond donors (Lipinski definition) is 0. The van der Waals surface area contributed by atoms with E-state index >= 15 is 0 Å². The second-order valence-corrected chi connectivity index (χ2v) is 9.55. The van der Waals surface area contributed by atoms with E-state index in [4.69, 9.17) is 28.3 Å². The summed E-state index contributed by atoms with van der Waals surface area (Å²) >= 11 is 12.9. The molecule has 0 aliphatic carbocycles. The zero-order valence-corrected chi connectivity index (χ0v) is 17.4. The number of halogens is 1. The van der Waals surface area contributed by atoms with Gasteiger partial charge in [0.25, 0.3) is 0 Å². The highest BCUT2D eigenvalue weighted by Crippen LogP contribution is 2.48. The van der Waals surface area contributed by atoms with Crippen LogP contribution in [0.1, 0.15) is 20.0 Å². The van der Waals surface area contributed by atoms with Gasteiger partial charge in [0.2, 0.25) is 0 Å². The smallest absolute Gasteiger partial charge is 0.314 e. The minimum absolute atomic E-state index is 0.388. The molecule has 28 heavy (non-hydrogen) atoms. The predicted octanol–water partition coefficient (Wildman–Crippen LogP) is 4.06. The Balaban J connectivity index is 1.88. The van der Waals surface area contributed by atoms with E-state index in [0.717, 1.165) is 15.0 Å². The van der Waals surface area contributed by atoms with E-state index < -0.39 is 22.4 Å². The summed E-state index contributed by atoms with van der Waals surface area (Å²) in [5, 5.41) is 0.509. The van der Waals surface area contributed by atoms with Crippen molar-refractivity contribution < 1.29 is 4.52 Å². The number of para-hydroxylation sites is 1. The average molecular weight is 434 g/mol. The number of hydrogen-bond acceptors (Lipinski definition) is 5. The van der Waals surface area contributed by atoms with Gasteiger partial charge in [0.15, 0.2) is 6.17 Å². The molecule has 2 aromatic carbocycles. The molecule has 1 aliphatic rings. The lowest BCUT2D eigenvalue weighted by molar-refractivity contribution is 0.182. The zero-order valence-electron chi connectivity index (χ0n) is 15.0. The summed E-state index contributed by atoms with van der Waals surface area (Å²) in [7, 11) is 0. The summed E-state index contributed by atoms with van der Waals surface area (Å²) in [5.74, 6) is -0.765. The van der Waals surface area contributed by atoms with Crippen molar-refractivity contribution >= 4 is 45.6 Å². The van der Waals surface area contributed by atoms with Gasteiger partial charge < -0.3 is 9.42 Å². The summed E-state index contributed by atoms with van der Waals surface area (Å²) in [6, 6.07) is 15.9. The minimum Gasteiger partial charge on any atom is -0.314 e. The van der Waals surface area contributed by atoms with Crippen molar-refractivity contribution in [1.82, 2.24) is 9.31 Å². The molecule has 0 saturated carbocycles. The Hall–Kier alpha value is -2.29. The SMILES string of the molecule is CC1(C)SC(=S)N(c2ccccc2)[C@@H]1n1oc(=O)n(-c2ccc(Cl)cc2)c1=O. The molecule has 3 aromatic rings. The van der Waals surface area contributed by atoms with Crippen molar-refractivity contribution in [1.29, 1.82) is 0 Å². The summed E-state index contributed by atoms with van der Waals surface area (Å²) in [6.45, 7) is 3.92. The summed E-state index contributed by atoms with van der Waals surface area (Å²) < 4.78 is 7.61. The van der Waals surface area contributed by atoms with Gasteiger partial charge in [-0.15, -0.1) is 4.74 Å². The molecule has 0 amide bonds. The van der Waals surface area contributed by atoms with Gasteiger partial charge >= 0.3 is 11.4 Å². The monoisotopic (exact) mass is 433 g/mol. The molecule has 1 saturated heterocycles. The van der Waals surface area contributed by atoms with Crippen LogP contribution in [0.2, 0.25) is 5.02 Å². The van der Waals surface area contributed by atoms with E-state index in [9.17, 15) is 9.59 Å². The highest BCUT2D eigenvalue weighted by Gasteiger charge is 2.49. The predicted molar refractivity (Wildman–Crippen MR) is 116 cm³/mol. The number of aromatic nitrogens is 2. The molecule has 4 rings (SSSR count). The molecule has 144 valence electrons. The highest BCUT2D eigenvalue weighted by molar-refractivity contribution is 8.24. The van der Waals surface area contributed by atoms with Crippen LogP contribution < -0.4 is 16.3 Å². The van der Waals surface area contributed by atoms with Gasteiger partial charge in [-0.25, -0.2) is 9.59 Å². The first-order chi connectivity index (χ1) is 13.3. The van der Waals surface area contributed by atoms with Crippen molar-refractivity contribution in [2.24, 2.45) is 0 Å². The van der Waals surface area contributed by atoms with Crippen LogP contribution in [0, 0.1) is 0 Å². The highest BCUT2D eigenvalue weighted by atomic mass is 35.5. The summed E-state index contributed by atoms with van der Waals surface area (Å²) in [6.07, 6.45) is -0.596. The largest absolute Gasteiger partial charge is 0.447 e. The van der Waals surface area contributed by atoms with Crippen molar-refractivity contribution in [2.75, 3.05) is 4.90 Å². The summed E-state index contributed by atoms with van der Waals surface area (Å²) in [4.78, 5) is 27.5. The molecule has 1 aromatic heterocycles. The number of nitrogens with zero attached hydrogens (tertiary/aromatic N) is 3. The minimum atomic E-state index is -0.765. The third-order valence-electron chi connectivity index (χ3n) is 4.49. The fourth-order valence-electron chi connectivity index (χ4n) is 3.26. The van der Waals surface area contributed by atoms with Crippen LogP contribution in [0.25, 0.3) is 5.69 Å². The Morgan fingerprint density at radius 1 is 1.04 bits per heavy atom. The Kier molecular flexibility index (Phi) is 4.73. The molecule has 1 atom stereocenters. The Morgan fingerprint density at radius 2 is 1.68 bits per heavy atom. The van der Waals surface area contributed by atoms with Crippen molar-refractivity contribution in [2.45, 2.75) is 24.8 Å². The molecule has 0 radical (unpaired) electrons. The molecule has 1 fully saturated rings. The van der Waals surface area contributed by atoms with E-state index in [2.05, 4.69) is 0 Å². The van der Waals surface area contributed by atoms with Gasteiger partial charge in [-0.1, -0.05) is 53.8 Å². The second-order valence-electron chi connectivity index (χ2n) is 6.83. The van der Waals surface area contributed by atoms with Gasteiger partial charge in [0.1, 0.15) is 4.32 Å². The first kappa shape index (κ1) is 19.0. The molecule has 0 spiro atoms. The number of thiocarbonyl (C=S) groups is 1. The topological polar surface area (TPSA) is 60.4 Å².